The lowest BCUT2D eigenvalue weighted by atomic mass is 10.1. The third-order valence-electron chi connectivity index (χ3n) is 3.24. The van der Waals surface area contributed by atoms with E-state index in [1.165, 1.54) is 0 Å². The first-order valence-corrected chi connectivity index (χ1v) is 7.21. The number of aryl methyl sites for hydroxylation is 3. The molecule has 0 radical (unpaired) electrons. The van der Waals surface area contributed by atoms with Gasteiger partial charge in [0.2, 0.25) is 0 Å². The Hall–Kier alpha value is -2.33. The highest BCUT2D eigenvalue weighted by Gasteiger charge is 2.17. The van der Waals surface area contributed by atoms with Crippen molar-refractivity contribution in [2.75, 3.05) is 10.6 Å². The summed E-state index contributed by atoms with van der Waals surface area (Å²) in [5.74, 6) is -1.48. The topological polar surface area (TPSA) is 58.2 Å². The van der Waals surface area contributed by atoms with Gasteiger partial charge in [-0.05, 0) is 44.0 Å². The molecule has 5 heteroatoms. The highest BCUT2D eigenvalue weighted by molar-refractivity contribution is 6.45. The second kappa shape index (κ2) is 6.62. The molecule has 0 spiro atoms. The number of carbonyl (C=O) groups is 2. The average Bonchev–Trinajstić information content (AvgIpc) is 2.45. The second-order valence-corrected chi connectivity index (χ2v) is 5.57. The molecule has 2 amide bonds. The summed E-state index contributed by atoms with van der Waals surface area (Å²) < 4.78 is 0. The number of carbonyl (C=O) groups excluding carboxylic acids is 2. The van der Waals surface area contributed by atoms with E-state index in [1.54, 1.807) is 24.3 Å². The van der Waals surface area contributed by atoms with Crippen molar-refractivity contribution in [2.24, 2.45) is 0 Å². The standard InChI is InChI=1S/C17H17ClN2O2/c1-10-8-11(2)15(12(3)9-10)20-17(22)16(21)19-14-7-5-4-6-13(14)18/h4-9H,1-3H3,(H,19,21)(H,20,22). The van der Waals surface area contributed by atoms with Crippen molar-refractivity contribution in [3.8, 4) is 0 Å². The Labute approximate surface area is 134 Å². The lowest BCUT2D eigenvalue weighted by molar-refractivity contribution is -0.133. The Bertz CT molecular complexity index is 718. The molecule has 114 valence electrons. The maximum atomic E-state index is 12.1. The molecule has 22 heavy (non-hydrogen) atoms. The smallest absolute Gasteiger partial charge is 0.314 e. The lowest BCUT2D eigenvalue weighted by Gasteiger charge is -2.13. The molecule has 0 aromatic heterocycles. The normalized spacial score (nSPS) is 10.2. The SMILES string of the molecule is Cc1cc(C)c(NC(=O)C(=O)Nc2ccccc2Cl)c(C)c1. The Balaban J connectivity index is 2.13. The van der Waals surface area contributed by atoms with E-state index in [9.17, 15) is 9.59 Å². The molecule has 0 bridgehead atoms. The summed E-state index contributed by atoms with van der Waals surface area (Å²) in [6, 6.07) is 10.7. The zero-order chi connectivity index (χ0) is 16.3. The minimum atomic E-state index is -0.757. The van der Waals surface area contributed by atoms with Gasteiger partial charge in [0.25, 0.3) is 0 Å². The van der Waals surface area contributed by atoms with Gasteiger partial charge in [-0.2, -0.15) is 0 Å². The third kappa shape index (κ3) is 3.65. The number of benzene rings is 2. The van der Waals surface area contributed by atoms with Gasteiger partial charge < -0.3 is 10.6 Å². The zero-order valence-electron chi connectivity index (χ0n) is 12.7. The van der Waals surface area contributed by atoms with Gasteiger partial charge in [-0.25, -0.2) is 0 Å². The van der Waals surface area contributed by atoms with Crippen molar-refractivity contribution in [2.45, 2.75) is 20.8 Å². The van der Waals surface area contributed by atoms with Crippen LogP contribution in [-0.2, 0) is 9.59 Å². The Kier molecular flexibility index (Phi) is 4.83. The molecule has 2 rings (SSSR count). The molecule has 2 aromatic rings. The quantitative estimate of drug-likeness (QED) is 0.827. The first kappa shape index (κ1) is 16.0. The molecule has 2 aromatic carbocycles. The fourth-order valence-corrected chi connectivity index (χ4v) is 2.47. The summed E-state index contributed by atoms with van der Waals surface area (Å²) in [6.45, 7) is 5.76. The molecular formula is C17H17ClN2O2. The van der Waals surface area contributed by atoms with Crippen LogP contribution < -0.4 is 10.6 Å². The summed E-state index contributed by atoms with van der Waals surface area (Å²) in [6.07, 6.45) is 0. The van der Waals surface area contributed by atoms with Crippen molar-refractivity contribution in [1.29, 1.82) is 0 Å². The van der Waals surface area contributed by atoms with Gasteiger partial charge in [0.15, 0.2) is 0 Å². The number of para-hydroxylation sites is 1. The number of hydrogen-bond donors (Lipinski definition) is 2. The van der Waals surface area contributed by atoms with E-state index in [4.69, 9.17) is 11.6 Å². The predicted octanol–water partition coefficient (Wildman–Crippen LogP) is 3.84. The van der Waals surface area contributed by atoms with Crippen LogP contribution in [0.3, 0.4) is 0 Å². The largest absolute Gasteiger partial charge is 0.317 e. The van der Waals surface area contributed by atoms with Gasteiger partial charge >= 0.3 is 11.8 Å². The summed E-state index contributed by atoms with van der Waals surface area (Å²) in [4.78, 5) is 24.0. The Morgan fingerprint density at radius 3 is 2.05 bits per heavy atom. The monoisotopic (exact) mass is 316 g/mol. The number of halogens is 1. The fraction of sp³-hybridized carbons (Fsp3) is 0.176. The van der Waals surface area contributed by atoms with Crippen molar-refractivity contribution < 1.29 is 9.59 Å². The number of nitrogens with one attached hydrogen (secondary N) is 2. The molecule has 2 N–H and O–H groups in total. The molecule has 0 heterocycles. The molecule has 0 saturated carbocycles. The van der Waals surface area contributed by atoms with Crippen molar-refractivity contribution in [3.63, 3.8) is 0 Å². The molecule has 0 aliphatic rings. The first-order chi connectivity index (χ1) is 10.4. The molecule has 0 unspecified atom stereocenters. The van der Waals surface area contributed by atoms with E-state index in [2.05, 4.69) is 10.6 Å². The molecule has 0 aliphatic heterocycles. The van der Waals surface area contributed by atoms with Gasteiger partial charge in [0, 0.05) is 5.69 Å². The van der Waals surface area contributed by atoms with E-state index >= 15 is 0 Å². The maximum Gasteiger partial charge on any atom is 0.314 e. The number of amides is 2. The van der Waals surface area contributed by atoms with Gasteiger partial charge in [-0.1, -0.05) is 41.4 Å². The highest BCUT2D eigenvalue weighted by atomic mass is 35.5. The number of hydrogen-bond acceptors (Lipinski definition) is 2. The fourth-order valence-electron chi connectivity index (χ4n) is 2.29. The van der Waals surface area contributed by atoms with Gasteiger partial charge in [0.1, 0.15) is 0 Å². The second-order valence-electron chi connectivity index (χ2n) is 5.16. The number of rotatable bonds is 2. The van der Waals surface area contributed by atoms with Crippen molar-refractivity contribution in [1.82, 2.24) is 0 Å². The van der Waals surface area contributed by atoms with E-state index in [0.717, 1.165) is 16.7 Å². The van der Waals surface area contributed by atoms with Crippen LogP contribution in [-0.4, -0.2) is 11.8 Å². The molecular weight excluding hydrogens is 300 g/mol. The minimum Gasteiger partial charge on any atom is -0.317 e. The summed E-state index contributed by atoms with van der Waals surface area (Å²) in [7, 11) is 0. The predicted molar refractivity (Wildman–Crippen MR) is 89.4 cm³/mol. The lowest BCUT2D eigenvalue weighted by Crippen LogP contribution is -2.29. The van der Waals surface area contributed by atoms with Crippen LogP contribution in [0.1, 0.15) is 16.7 Å². The number of anilines is 2. The third-order valence-corrected chi connectivity index (χ3v) is 3.57. The van der Waals surface area contributed by atoms with Crippen LogP contribution in [0.4, 0.5) is 11.4 Å². The van der Waals surface area contributed by atoms with Crippen molar-refractivity contribution in [3.05, 3.63) is 58.1 Å². The van der Waals surface area contributed by atoms with E-state index in [0.29, 0.717) is 16.4 Å². The van der Waals surface area contributed by atoms with Gasteiger partial charge in [-0.15, -0.1) is 0 Å². The zero-order valence-corrected chi connectivity index (χ0v) is 13.4. The Morgan fingerprint density at radius 2 is 1.45 bits per heavy atom. The molecule has 0 aliphatic carbocycles. The van der Waals surface area contributed by atoms with E-state index in [1.807, 2.05) is 32.9 Å². The highest BCUT2D eigenvalue weighted by Crippen LogP contribution is 2.23. The molecule has 4 nitrogen and oxygen atoms in total. The van der Waals surface area contributed by atoms with Crippen LogP contribution in [0.2, 0.25) is 5.02 Å². The first-order valence-electron chi connectivity index (χ1n) is 6.83. The average molecular weight is 317 g/mol. The summed E-state index contributed by atoms with van der Waals surface area (Å²) >= 11 is 5.95. The summed E-state index contributed by atoms with van der Waals surface area (Å²) in [5.41, 5.74) is 3.99. The Morgan fingerprint density at radius 1 is 0.909 bits per heavy atom. The van der Waals surface area contributed by atoms with E-state index < -0.39 is 11.8 Å². The van der Waals surface area contributed by atoms with Crippen LogP contribution in [0.25, 0.3) is 0 Å². The van der Waals surface area contributed by atoms with Crippen LogP contribution >= 0.6 is 11.6 Å². The van der Waals surface area contributed by atoms with E-state index in [-0.39, 0.29) is 0 Å². The van der Waals surface area contributed by atoms with Crippen molar-refractivity contribution >= 4 is 34.8 Å². The van der Waals surface area contributed by atoms with Crippen LogP contribution in [0.15, 0.2) is 36.4 Å². The summed E-state index contributed by atoms with van der Waals surface area (Å²) in [5, 5.41) is 5.53. The molecule has 0 atom stereocenters. The minimum absolute atomic E-state index is 0.381. The van der Waals surface area contributed by atoms with Crippen LogP contribution in [0.5, 0.6) is 0 Å². The van der Waals surface area contributed by atoms with Gasteiger partial charge in [-0.3, -0.25) is 9.59 Å². The van der Waals surface area contributed by atoms with Gasteiger partial charge in [0.05, 0.1) is 10.7 Å². The molecule has 0 fully saturated rings. The maximum absolute atomic E-state index is 12.1. The molecule has 0 saturated heterocycles. The van der Waals surface area contributed by atoms with Crippen LogP contribution in [0, 0.1) is 20.8 Å².